The van der Waals surface area contributed by atoms with Crippen molar-refractivity contribution in [3.05, 3.63) is 53.1 Å². The molecule has 12 heteroatoms. The van der Waals surface area contributed by atoms with E-state index in [2.05, 4.69) is 4.98 Å². The Labute approximate surface area is 189 Å². The average Bonchev–Trinajstić information content (AvgIpc) is 2.89. The minimum absolute atomic E-state index is 0.0172. The molecule has 0 spiro atoms. The van der Waals surface area contributed by atoms with Gasteiger partial charge in [-0.2, -0.15) is 18.4 Å². The van der Waals surface area contributed by atoms with E-state index < -0.39 is 53.1 Å². The number of nitrogens with one attached hydrogen (secondary N) is 1. The Balaban J connectivity index is 2.04. The molecule has 1 aromatic heterocycles. The molecule has 1 aliphatic rings. The van der Waals surface area contributed by atoms with Crippen molar-refractivity contribution in [1.29, 1.82) is 5.26 Å². The zero-order chi connectivity index (χ0) is 26.5. The predicted octanol–water partition coefficient (Wildman–Crippen LogP) is 3.39. The Morgan fingerprint density at radius 1 is 1.31 bits per heavy atom. The fourth-order valence-corrected chi connectivity index (χ4v) is 3.75. The van der Waals surface area contributed by atoms with Gasteiger partial charge in [0.2, 0.25) is 0 Å². The van der Waals surface area contributed by atoms with Crippen LogP contribution in [0.3, 0.4) is 0 Å². The van der Waals surface area contributed by atoms with Gasteiger partial charge in [0.15, 0.2) is 10.8 Å². The minimum atomic E-state index is -4.93. The predicted molar refractivity (Wildman–Crippen MR) is 110 cm³/mol. The topological polar surface area (TPSA) is 89.3 Å². The first-order chi connectivity index (χ1) is 16.0. The van der Waals surface area contributed by atoms with E-state index in [4.69, 9.17) is 21.6 Å². The number of pyridine rings is 1. The lowest BCUT2D eigenvalue weighted by atomic mass is 10.0. The van der Waals surface area contributed by atoms with Gasteiger partial charge < -0.3 is 10.2 Å². The van der Waals surface area contributed by atoms with Crippen LogP contribution in [-0.4, -0.2) is 34.4 Å². The van der Waals surface area contributed by atoms with Crippen LogP contribution in [0.25, 0.3) is 0 Å². The second kappa shape index (κ2) is 7.83. The van der Waals surface area contributed by atoms with Gasteiger partial charge in [-0.05, 0) is 50.3 Å². The molecule has 7 nitrogen and oxygen atoms in total. The zero-order valence-electron chi connectivity index (χ0n) is 19.4. The Morgan fingerprint density at radius 2 is 2.00 bits per heavy atom. The van der Waals surface area contributed by atoms with Crippen LogP contribution in [-0.2, 0) is 11.0 Å². The van der Waals surface area contributed by atoms with Crippen LogP contribution in [0.2, 0.25) is 0 Å². The summed E-state index contributed by atoms with van der Waals surface area (Å²) in [5.74, 6) is -3.07. The number of amides is 2. The number of hydrogen-bond acceptors (Lipinski definition) is 5. The number of halogens is 4. The van der Waals surface area contributed by atoms with E-state index >= 15 is 0 Å². The largest absolute Gasteiger partial charge is 0.419 e. The van der Waals surface area contributed by atoms with E-state index in [-0.39, 0.29) is 16.5 Å². The molecule has 1 fully saturated rings. The summed E-state index contributed by atoms with van der Waals surface area (Å²) in [6, 6.07) is 4.95. The maximum Gasteiger partial charge on any atom is 0.419 e. The van der Waals surface area contributed by atoms with E-state index in [1.165, 1.54) is 30.9 Å². The van der Waals surface area contributed by atoms with Crippen LogP contribution in [0.5, 0.6) is 0 Å². The number of anilines is 2. The van der Waals surface area contributed by atoms with Gasteiger partial charge >= 0.3 is 6.18 Å². The quantitative estimate of drug-likeness (QED) is 0.549. The molecule has 166 valence electrons. The number of benzene rings is 1. The fourth-order valence-electron chi connectivity index (χ4n) is 3.23. The molecule has 1 aromatic carbocycles. The molecule has 1 saturated heterocycles. The van der Waals surface area contributed by atoms with Gasteiger partial charge in [0.1, 0.15) is 17.4 Å². The molecule has 0 bridgehead atoms. The highest BCUT2D eigenvalue weighted by molar-refractivity contribution is 7.81. The maximum absolute atomic E-state index is 14.7. The summed E-state index contributed by atoms with van der Waals surface area (Å²) in [5, 5.41) is 10.3. The number of alkyl halides is 3. The molecule has 3 rings (SSSR count). The highest BCUT2D eigenvalue weighted by Gasteiger charge is 2.51. The zero-order valence-corrected chi connectivity index (χ0v) is 17.2. The van der Waals surface area contributed by atoms with E-state index in [1.807, 2.05) is 0 Å². The highest BCUT2D eigenvalue weighted by atomic mass is 32.1. The number of aromatic nitrogens is 1. The summed E-state index contributed by atoms with van der Waals surface area (Å²) in [4.78, 5) is 30.6. The van der Waals surface area contributed by atoms with Crippen LogP contribution in [0.15, 0.2) is 30.5 Å². The first-order valence-electron chi connectivity index (χ1n) is 10.3. The Morgan fingerprint density at radius 3 is 2.56 bits per heavy atom. The number of hydrogen-bond donors (Lipinski definition) is 1. The number of rotatable bonds is 3. The van der Waals surface area contributed by atoms with E-state index in [1.54, 1.807) is 5.32 Å². The van der Waals surface area contributed by atoms with Crippen LogP contribution in [0.4, 0.5) is 28.9 Å². The summed E-state index contributed by atoms with van der Waals surface area (Å²) in [5.41, 5.74) is -4.70. The minimum Gasteiger partial charge on any atom is -0.355 e. The molecule has 2 aromatic rings. The second-order valence-corrected chi connectivity index (χ2v) is 7.50. The van der Waals surface area contributed by atoms with Crippen molar-refractivity contribution in [2.45, 2.75) is 25.6 Å². The van der Waals surface area contributed by atoms with Gasteiger partial charge in [-0.15, -0.1) is 0 Å². The number of nitriles is 1. The molecule has 1 N–H and O–H groups in total. The standard InChI is InChI=1S/C20H15F4N5O2S/c1-19(2)17(31)28(11-6-13(20(22,23)24)15(8-25)27-9-11)18(32)29(19)10-4-5-12(14(21)7-10)16(30)26-3/h4-7,9H,1-3H3,(H,26,30)/i3D3. The van der Waals surface area contributed by atoms with Gasteiger partial charge in [-0.3, -0.25) is 14.5 Å². The monoisotopic (exact) mass is 468 g/mol. The third-order valence-corrected chi connectivity index (χ3v) is 5.14. The maximum atomic E-state index is 14.7. The van der Waals surface area contributed by atoms with Crippen LogP contribution in [0, 0.1) is 17.1 Å². The van der Waals surface area contributed by atoms with Crippen LogP contribution >= 0.6 is 12.2 Å². The highest BCUT2D eigenvalue weighted by Crippen LogP contribution is 2.39. The van der Waals surface area contributed by atoms with Gasteiger partial charge in [-0.25, -0.2) is 9.37 Å². The molecule has 0 radical (unpaired) electrons. The second-order valence-electron chi connectivity index (χ2n) is 7.14. The smallest absolute Gasteiger partial charge is 0.355 e. The summed E-state index contributed by atoms with van der Waals surface area (Å²) >= 11 is 5.33. The Hall–Kier alpha value is -3.59. The fraction of sp³-hybridized carbons (Fsp3) is 0.250. The van der Waals surface area contributed by atoms with Crippen LogP contribution < -0.4 is 15.1 Å². The molecule has 0 atom stereocenters. The SMILES string of the molecule is [2H]C([2H])([2H])NC(=O)c1ccc(N2C(=S)N(c3cnc(C#N)c(C(F)(F)F)c3)C(=O)C2(C)C)cc1F. The van der Waals surface area contributed by atoms with Gasteiger partial charge in [0.25, 0.3) is 11.8 Å². The number of carbonyl (C=O) groups is 2. The number of carbonyl (C=O) groups excluding carboxylic acids is 2. The lowest BCUT2D eigenvalue weighted by molar-refractivity contribution is -0.138. The van der Waals surface area contributed by atoms with Crippen molar-refractivity contribution in [3.63, 3.8) is 0 Å². The van der Waals surface area contributed by atoms with Gasteiger partial charge in [0, 0.05) is 16.8 Å². The summed E-state index contributed by atoms with van der Waals surface area (Å²) in [6.45, 7) is -0.0505. The third-order valence-electron chi connectivity index (χ3n) is 4.78. The molecule has 0 saturated carbocycles. The molecule has 1 aliphatic heterocycles. The van der Waals surface area contributed by atoms with Crippen molar-refractivity contribution < 1.29 is 31.3 Å². The van der Waals surface area contributed by atoms with E-state index in [9.17, 15) is 27.2 Å². The molecular weight excluding hydrogens is 450 g/mol. The van der Waals surface area contributed by atoms with Gasteiger partial charge in [-0.1, -0.05) is 0 Å². The summed E-state index contributed by atoms with van der Waals surface area (Å²) < 4.78 is 76.1. The van der Waals surface area contributed by atoms with Crippen molar-refractivity contribution >= 4 is 40.5 Å². The Bertz CT molecular complexity index is 1290. The Kier molecular flexibility index (Phi) is 4.68. The van der Waals surface area contributed by atoms with E-state index in [0.717, 1.165) is 23.2 Å². The van der Waals surface area contributed by atoms with Gasteiger partial charge in [0.05, 0.1) is 23.0 Å². The molecule has 32 heavy (non-hydrogen) atoms. The summed E-state index contributed by atoms with van der Waals surface area (Å²) in [6.07, 6.45) is -4.04. The number of nitrogens with zero attached hydrogens (tertiary/aromatic N) is 4. The molecule has 2 heterocycles. The van der Waals surface area contributed by atoms with Crippen molar-refractivity contribution in [1.82, 2.24) is 10.3 Å². The average molecular weight is 468 g/mol. The molecule has 0 unspecified atom stereocenters. The first-order valence-corrected chi connectivity index (χ1v) is 9.18. The lowest BCUT2D eigenvalue weighted by Gasteiger charge is -2.29. The summed E-state index contributed by atoms with van der Waals surface area (Å²) in [7, 11) is 0. The van der Waals surface area contributed by atoms with E-state index in [0.29, 0.717) is 6.07 Å². The normalized spacial score (nSPS) is 17.5. The first kappa shape index (κ1) is 19.1. The van der Waals surface area contributed by atoms with Crippen molar-refractivity contribution in [2.75, 3.05) is 16.8 Å². The molecule has 2 amide bonds. The van der Waals surface area contributed by atoms with Crippen molar-refractivity contribution in [3.8, 4) is 6.07 Å². The third kappa shape index (κ3) is 3.64. The lowest BCUT2D eigenvalue weighted by Crippen LogP contribution is -2.44. The number of thiocarbonyl (C=S) groups is 1. The van der Waals surface area contributed by atoms with Crippen molar-refractivity contribution in [2.24, 2.45) is 0 Å². The van der Waals surface area contributed by atoms with Crippen LogP contribution in [0.1, 0.15) is 39.6 Å². The molecule has 0 aliphatic carbocycles. The molecular formula is C20H15F4N5O2S.